The number of likely N-dealkylation sites (tertiary alicyclic amines) is 2. The highest BCUT2D eigenvalue weighted by Gasteiger charge is 2.30. The molecule has 166 valence electrons. The maximum Gasteiger partial charge on any atom is 0.263 e. The molecule has 0 radical (unpaired) electrons. The fourth-order valence-electron chi connectivity index (χ4n) is 4.63. The number of benzene rings is 1. The molecule has 0 spiro atoms. The van der Waals surface area contributed by atoms with E-state index in [1.54, 1.807) is 7.11 Å². The van der Waals surface area contributed by atoms with E-state index in [9.17, 15) is 9.59 Å². The molecule has 31 heavy (non-hydrogen) atoms. The number of amides is 2. The molecule has 0 bridgehead atoms. The average molecular weight is 442 g/mol. The summed E-state index contributed by atoms with van der Waals surface area (Å²) in [6, 6.07) is 12.0. The minimum Gasteiger partial charge on any atom is -0.497 e. The molecule has 4 rings (SSSR count). The van der Waals surface area contributed by atoms with Gasteiger partial charge in [0.1, 0.15) is 5.75 Å². The first-order chi connectivity index (χ1) is 15.2. The summed E-state index contributed by atoms with van der Waals surface area (Å²) in [6.45, 7) is 3.88. The standard InChI is InChI=1S/C24H31N3O3S/c1-30-20-9-4-7-18(15-20)21(26-11-2-3-12-26)16-25-23(28)19-8-5-13-27(17-19)24(29)22-10-6-14-31-22/h4,6-7,9-10,14-15,19,21H,2-3,5,8,11-13,16-17H2,1H3,(H,25,28). The van der Waals surface area contributed by atoms with Crippen molar-refractivity contribution >= 4 is 23.2 Å². The summed E-state index contributed by atoms with van der Waals surface area (Å²) < 4.78 is 5.41. The Hall–Kier alpha value is -2.38. The number of methoxy groups -OCH3 is 1. The predicted octanol–water partition coefficient (Wildman–Crippen LogP) is 3.56. The summed E-state index contributed by atoms with van der Waals surface area (Å²) >= 11 is 1.46. The molecule has 2 fully saturated rings. The zero-order valence-corrected chi connectivity index (χ0v) is 18.9. The van der Waals surface area contributed by atoms with E-state index in [1.807, 2.05) is 34.5 Å². The van der Waals surface area contributed by atoms with Crippen molar-refractivity contribution in [2.45, 2.75) is 31.7 Å². The number of hydrogen-bond donors (Lipinski definition) is 1. The Labute approximate surface area is 188 Å². The van der Waals surface area contributed by atoms with Crippen molar-refractivity contribution in [3.05, 3.63) is 52.2 Å². The van der Waals surface area contributed by atoms with E-state index in [0.717, 1.165) is 43.1 Å². The lowest BCUT2D eigenvalue weighted by Gasteiger charge is -2.33. The van der Waals surface area contributed by atoms with E-state index >= 15 is 0 Å². The van der Waals surface area contributed by atoms with Crippen molar-refractivity contribution in [1.82, 2.24) is 15.1 Å². The van der Waals surface area contributed by atoms with Crippen molar-refractivity contribution in [1.29, 1.82) is 0 Å². The van der Waals surface area contributed by atoms with Gasteiger partial charge in [0.25, 0.3) is 5.91 Å². The second-order valence-corrected chi connectivity index (χ2v) is 9.30. The second kappa shape index (κ2) is 10.3. The van der Waals surface area contributed by atoms with Crippen LogP contribution in [0.3, 0.4) is 0 Å². The first-order valence-corrected chi connectivity index (χ1v) is 12.0. The van der Waals surface area contributed by atoms with Crippen LogP contribution < -0.4 is 10.1 Å². The maximum atomic E-state index is 13.0. The molecular weight excluding hydrogens is 410 g/mol. The van der Waals surface area contributed by atoms with Crippen LogP contribution in [0, 0.1) is 5.92 Å². The first-order valence-electron chi connectivity index (χ1n) is 11.1. The number of thiophene rings is 1. The third kappa shape index (κ3) is 5.28. The molecule has 2 atom stereocenters. The largest absolute Gasteiger partial charge is 0.497 e. The van der Waals surface area contributed by atoms with Crippen molar-refractivity contribution in [2.24, 2.45) is 5.92 Å². The van der Waals surface area contributed by atoms with E-state index < -0.39 is 0 Å². The summed E-state index contributed by atoms with van der Waals surface area (Å²) in [4.78, 5) is 30.8. The lowest BCUT2D eigenvalue weighted by atomic mass is 9.96. The number of hydrogen-bond acceptors (Lipinski definition) is 5. The van der Waals surface area contributed by atoms with E-state index in [-0.39, 0.29) is 23.8 Å². The number of rotatable bonds is 7. The molecular formula is C24H31N3O3S. The Balaban J connectivity index is 1.39. The number of carbonyl (C=O) groups is 2. The lowest BCUT2D eigenvalue weighted by Crippen LogP contribution is -2.46. The molecule has 2 aromatic rings. The second-order valence-electron chi connectivity index (χ2n) is 8.35. The van der Waals surface area contributed by atoms with Gasteiger partial charge in [-0.1, -0.05) is 18.2 Å². The number of piperidine rings is 1. The summed E-state index contributed by atoms with van der Waals surface area (Å²) in [5.41, 5.74) is 1.17. The Morgan fingerprint density at radius 1 is 1.16 bits per heavy atom. The molecule has 6 nitrogen and oxygen atoms in total. The minimum atomic E-state index is -0.151. The molecule has 1 N–H and O–H groups in total. The molecule has 7 heteroatoms. The van der Waals surface area contributed by atoms with E-state index in [2.05, 4.69) is 22.3 Å². The SMILES string of the molecule is COc1cccc(C(CNC(=O)C2CCCN(C(=O)c3cccs3)C2)N2CCCC2)c1. The minimum absolute atomic E-state index is 0.0406. The molecule has 1 aromatic carbocycles. The van der Waals surface area contributed by atoms with E-state index in [0.29, 0.717) is 13.1 Å². The summed E-state index contributed by atoms with van der Waals surface area (Å²) in [5.74, 6) is 0.778. The number of carbonyl (C=O) groups excluding carboxylic acids is 2. The van der Waals surface area contributed by atoms with Gasteiger partial charge in [-0.25, -0.2) is 0 Å². The molecule has 0 aliphatic carbocycles. The Morgan fingerprint density at radius 3 is 2.74 bits per heavy atom. The summed E-state index contributed by atoms with van der Waals surface area (Å²) in [7, 11) is 1.68. The van der Waals surface area contributed by atoms with Gasteiger partial charge in [-0.15, -0.1) is 11.3 Å². The van der Waals surface area contributed by atoms with Gasteiger partial charge in [0, 0.05) is 19.6 Å². The highest BCUT2D eigenvalue weighted by Crippen LogP contribution is 2.27. The topological polar surface area (TPSA) is 61.9 Å². The third-order valence-corrected chi connectivity index (χ3v) is 7.20. The molecule has 2 unspecified atom stereocenters. The van der Waals surface area contributed by atoms with Gasteiger partial charge in [-0.05, 0) is 67.9 Å². The Kier molecular flexibility index (Phi) is 7.25. The molecule has 0 saturated carbocycles. The third-order valence-electron chi connectivity index (χ3n) is 6.34. The monoisotopic (exact) mass is 441 g/mol. The zero-order chi connectivity index (χ0) is 21.6. The highest BCUT2D eigenvalue weighted by atomic mass is 32.1. The van der Waals surface area contributed by atoms with Crippen molar-refractivity contribution in [3.8, 4) is 5.75 Å². The molecule has 3 heterocycles. The van der Waals surface area contributed by atoms with Crippen LogP contribution in [0.25, 0.3) is 0 Å². The molecule has 2 saturated heterocycles. The van der Waals surface area contributed by atoms with Crippen LogP contribution in [0.1, 0.15) is 47.0 Å². The van der Waals surface area contributed by atoms with Crippen molar-refractivity contribution < 1.29 is 14.3 Å². The Bertz CT molecular complexity index is 880. The Morgan fingerprint density at radius 2 is 2.00 bits per heavy atom. The van der Waals surface area contributed by atoms with Crippen LogP contribution in [0.15, 0.2) is 41.8 Å². The number of nitrogens with one attached hydrogen (secondary N) is 1. The van der Waals surface area contributed by atoms with Gasteiger partial charge in [-0.2, -0.15) is 0 Å². The smallest absolute Gasteiger partial charge is 0.263 e. The molecule has 2 aliphatic rings. The van der Waals surface area contributed by atoms with Crippen molar-refractivity contribution in [3.63, 3.8) is 0 Å². The molecule has 1 aromatic heterocycles. The predicted molar refractivity (Wildman–Crippen MR) is 122 cm³/mol. The van der Waals surface area contributed by atoms with Gasteiger partial charge < -0.3 is 15.0 Å². The van der Waals surface area contributed by atoms with Gasteiger partial charge in [0.15, 0.2) is 0 Å². The van der Waals surface area contributed by atoms with Gasteiger partial charge in [0.05, 0.1) is 23.9 Å². The maximum absolute atomic E-state index is 13.0. The van der Waals surface area contributed by atoms with Crippen LogP contribution in [-0.2, 0) is 4.79 Å². The van der Waals surface area contributed by atoms with Crippen molar-refractivity contribution in [2.75, 3.05) is 39.8 Å². The number of ether oxygens (including phenoxy) is 1. The van der Waals surface area contributed by atoms with E-state index in [4.69, 9.17) is 4.74 Å². The molecule has 2 amide bonds. The van der Waals surface area contributed by atoms with Crippen LogP contribution in [0.2, 0.25) is 0 Å². The van der Waals surface area contributed by atoms with Crippen LogP contribution in [-0.4, -0.2) is 61.4 Å². The number of nitrogens with zero attached hydrogens (tertiary/aromatic N) is 2. The summed E-state index contributed by atoms with van der Waals surface area (Å²) in [6.07, 6.45) is 4.07. The average Bonchev–Trinajstić information content (AvgIpc) is 3.54. The van der Waals surface area contributed by atoms with E-state index in [1.165, 1.54) is 29.7 Å². The fraction of sp³-hybridized carbons (Fsp3) is 0.500. The quantitative estimate of drug-likeness (QED) is 0.714. The lowest BCUT2D eigenvalue weighted by molar-refractivity contribution is -0.126. The zero-order valence-electron chi connectivity index (χ0n) is 18.1. The highest BCUT2D eigenvalue weighted by molar-refractivity contribution is 7.12. The summed E-state index contributed by atoms with van der Waals surface area (Å²) in [5, 5.41) is 5.12. The fourth-order valence-corrected chi connectivity index (χ4v) is 5.32. The van der Waals surface area contributed by atoms with Gasteiger partial charge >= 0.3 is 0 Å². The molecule has 2 aliphatic heterocycles. The van der Waals surface area contributed by atoms with Crippen LogP contribution in [0.4, 0.5) is 0 Å². The first kappa shape index (κ1) is 21.8. The normalized spacial score (nSPS) is 20.4. The van der Waals surface area contributed by atoms with Gasteiger partial charge in [-0.3, -0.25) is 14.5 Å². The van der Waals surface area contributed by atoms with Crippen LogP contribution in [0.5, 0.6) is 5.75 Å². The van der Waals surface area contributed by atoms with Gasteiger partial charge in [0.2, 0.25) is 5.91 Å². The van der Waals surface area contributed by atoms with Crippen LogP contribution >= 0.6 is 11.3 Å².